The van der Waals surface area contributed by atoms with E-state index in [1.165, 1.54) is 5.56 Å². The van der Waals surface area contributed by atoms with Gasteiger partial charge in [0.25, 0.3) is 0 Å². The van der Waals surface area contributed by atoms with Crippen LogP contribution in [0.3, 0.4) is 0 Å². The molecule has 24 heavy (non-hydrogen) atoms. The second kappa shape index (κ2) is 9.11. The van der Waals surface area contributed by atoms with Crippen LogP contribution < -0.4 is 10.1 Å². The van der Waals surface area contributed by atoms with Crippen LogP contribution in [-0.4, -0.2) is 18.1 Å². The Bertz CT molecular complexity index is 620. The minimum atomic E-state index is 0.0781. The number of hydrogen-bond donors (Lipinski definition) is 1. The van der Waals surface area contributed by atoms with E-state index in [0.717, 1.165) is 24.2 Å². The van der Waals surface area contributed by atoms with Crippen LogP contribution in [0.1, 0.15) is 38.3 Å². The van der Waals surface area contributed by atoms with Crippen LogP contribution in [-0.2, 0) is 17.6 Å². The minimum absolute atomic E-state index is 0.0781. The van der Waals surface area contributed by atoms with E-state index in [4.69, 9.17) is 4.74 Å². The summed E-state index contributed by atoms with van der Waals surface area (Å²) in [6.07, 6.45) is 2.49. The van der Waals surface area contributed by atoms with Crippen molar-refractivity contribution in [3.8, 4) is 5.75 Å². The predicted octanol–water partition coefficient (Wildman–Crippen LogP) is 4.15. The van der Waals surface area contributed by atoms with Crippen molar-refractivity contribution >= 4 is 5.91 Å². The quantitative estimate of drug-likeness (QED) is 0.791. The molecule has 0 aliphatic heterocycles. The summed E-state index contributed by atoms with van der Waals surface area (Å²) in [5.74, 6) is 0.979. The first kappa shape index (κ1) is 18.1. The second-order valence-electron chi connectivity index (χ2n) is 6.48. The Morgan fingerprint density at radius 1 is 0.958 bits per heavy atom. The topological polar surface area (TPSA) is 38.3 Å². The zero-order chi connectivity index (χ0) is 17.4. The lowest BCUT2D eigenvalue weighted by molar-refractivity contribution is -0.121. The maximum Gasteiger partial charge on any atom is 0.224 e. The van der Waals surface area contributed by atoms with E-state index in [-0.39, 0.29) is 18.1 Å². The molecule has 0 radical (unpaired) electrons. The van der Waals surface area contributed by atoms with Gasteiger partial charge in [-0.05, 0) is 56.9 Å². The molecule has 1 amide bonds. The molecular weight excluding hydrogens is 298 g/mol. The first-order valence-electron chi connectivity index (χ1n) is 8.62. The maximum atomic E-state index is 12.1. The molecule has 0 heterocycles. The Hall–Kier alpha value is -2.29. The molecule has 2 rings (SSSR count). The van der Waals surface area contributed by atoms with Crippen molar-refractivity contribution in [2.45, 2.75) is 52.2 Å². The molecule has 3 heteroatoms. The lowest BCUT2D eigenvalue weighted by Gasteiger charge is -2.14. The third-order valence-corrected chi connectivity index (χ3v) is 3.78. The van der Waals surface area contributed by atoms with Crippen LogP contribution in [0, 0.1) is 0 Å². The van der Waals surface area contributed by atoms with E-state index in [1.54, 1.807) is 0 Å². The molecule has 0 aliphatic carbocycles. The molecule has 0 saturated carbocycles. The van der Waals surface area contributed by atoms with Gasteiger partial charge in [-0.2, -0.15) is 0 Å². The van der Waals surface area contributed by atoms with Gasteiger partial charge < -0.3 is 10.1 Å². The zero-order valence-electron chi connectivity index (χ0n) is 14.8. The van der Waals surface area contributed by atoms with Crippen molar-refractivity contribution in [3.05, 3.63) is 65.7 Å². The van der Waals surface area contributed by atoms with Crippen molar-refractivity contribution in [1.29, 1.82) is 0 Å². The molecule has 0 fully saturated rings. The van der Waals surface area contributed by atoms with Crippen LogP contribution in [0.2, 0.25) is 0 Å². The van der Waals surface area contributed by atoms with Gasteiger partial charge in [-0.1, -0.05) is 42.5 Å². The summed E-state index contributed by atoms with van der Waals surface area (Å²) in [5.41, 5.74) is 2.30. The maximum absolute atomic E-state index is 12.1. The fourth-order valence-electron chi connectivity index (χ4n) is 2.57. The summed E-state index contributed by atoms with van der Waals surface area (Å²) in [5, 5.41) is 3.07. The standard InChI is InChI=1S/C21H27NO2/c1-16(2)24-20-13-11-18(12-14-20)10-9-17(3)22-21(23)15-19-7-5-4-6-8-19/h4-8,11-14,16-17H,9-10,15H2,1-3H3,(H,22,23). The molecule has 0 bridgehead atoms. The van der Waals surface area contributed by atoms with E-state index in [1.807, 2.05) is 56.3 Å². The Kier molecular flexibility index (Phi) is 6.86. The molecule has 0 spiro atoms. The highest BCUT2D eigenvalue weighted by molar-refractivity contribution is 5.78. The van der Waals surface area contributed by atoms with Gasteiger partial charge in [-0.25, -0.2) is 0 Å². The summed E-state index contributed by atoms with van der Waals surface area (Å²) < 4.78 is 5.65. The number of benzene rings is 2. The summed E-state index contributed by atoms with van der Waals surface area (Å²) >= 11 is 0. The highest BCUT2D eigenvalue weighted by atomic mass is 16.5. The molecule has 2 aromatic carbocycles. The van der Waals surface area contributed by atoms with Gasteiger partial charge in [0.05, 0.1) is 12.5 Å². The molecule has 1 N–H and O–H groups in total. The molecule has 0 aliphatic rings. The minimum Gasteiger partial charge on any atom is -0.491 e. The monoisotopic (exact) mass is 325 g/mol. The highest BCUT2D eigenvalue weighted by Gasteiger charge is 2.08. The Morgan fingerprint density at radius 2 is 1.62 bits per heavy atom. The van der Waals surface area contributed by atoms with Gasteiger partial charge in [-0.15, -0.1) is 0 Å². The molecule has 128 valence electrons. The second-order valence-corrected chi connectivity index (χ2v) is 6.48. The summed E-state index contributed by atoms with van der Waals surface area (Å²) in [6.45, 7) is 6.10. The smallest absolute Gasteiger partial charge is 0.224 e. The normalized spacial score (nSPS) is 12.0. The van der Waals surface area contributed by atoms with Gasteiger partial charge >= 0.3 is 0 Å². The molecule has 0 saturated heterocycles. The third kappa shape index (κ3) is 6.45. The lowest BCUT2D eigenvalue weighted by atomic mass is 10.1. The fraction of sp³-hybridized carbons (Fsp3) is 0.381. The number of nitrogens with one attached hydrogen (secondary N) is 1. The van der Waals surface area contributed by atoms with Gasteiger partial charge in [0, 0.05) is 6.04 Å². The van der Waals surface area contributed by atoms with Crippen molar-refractivity contribution in [1.82, 2.24) is 5.32 Å². The molecule has 1 atom stereocenters. The predicted molar refractivity (Wildman–Crippen MR) is 98.3 cm³/mol. The molecule has 1 unspecified atom stereocenters. The van der Waals surface area contributed by atoms with E-state index in [9.17, 15) is 4.79 Å². The largest absolute Gasteiger partial charge is 0.491 e. The van der Waals surface area contributed by atoms with Crippen molar-refractivity contribution in [2.24, 2.45) is 0 Å². The van der Waals surface area contributed by atoms with Gasteiger partial charge in [0.1, 0.15) is 5.75 Å². The van der Waals surface area contributed by atoms with Crippen molar-refractivity contribution in [3.63, 3.8) is 0 Å². The lowest BCUT2D eigenvalue weighted by Crippen LogP contribution is -2.34. The molecule has 3 nitrogen and oxygen atoms in total. The zero-order valence-corrected chi connectivity index (χ0v) is 14.8. The number of hydrogen-bond acceptors (Lipinski definition) is 2. The van der Waals surface area contributed by atoms with E-state index >= 15 is 0 Å². The first-order valence-corrected chi connectivity index (χ1v) is 8.62. The van der Waals surface area contributed by atoms with Crippen LogP contribution in [0.4, 0.5) is 0 Å². The van der Waals surface area contributed by atoms with Crippen LogP contribution in [0.5, 0.6) is 5.75 Å². The number of rotatable bonds is 8. The SMILES string of the molecule is CC(CCc1ccc(OC(C)C)cc1)NC(=O)Cc1ccccc1. The van der Waals surface area contributed by atoms with Crippen LogP contribution in [0.25, 0.3) is 0 Å². The molecular formula is C21H27NO2. The third-order valence-electron chi connectivity index (χ3n) is 3.78. The van der Waals surface area contributed by atoms with Crippen LogP contribution in [0.15, 0.2) is 54.6 Å². The average Bonchev–Trinajstić information content (AvgIpc) is 2.54. The van der Waals surface area contributed by atoms with E-state index in [2.05, 4.69) is 24.4 Å². The van der Waals surface area contributed by atoms with E-state index < -0.39 is 0 Å². The highest BCUT2D eigenvalue weighted by Crippen LogP contribution is 2.15. The number of aryl methyl sites for hydroxylation is 1. The van der Waals surface area contributed by atoms with Gasteiger partial charge in [-0.3, -0.25) is 4.79 Å². The number of amides is 1. The summed E-state index contributed by atoms with van der Waals surface area (Å²) in [6, 6.07) is 18.2. The Labute approximate surface area is 145 Å². The number of carbonyl (C=O) groups excluding carboxylic acids is 1. The van der Waals surface area contributed by atoms with Crippen molar-refractivity contribution < 1.29 is 9.53 Å². The first-order chi connectivity index (χ1) is 11.5. The summed E-state index contributed by atoms with van der Waals surface area (Å²) in [7, 11) is 0. The van der Waals surface area contributed by atoms with Crippen molar-refractivity contribution in [2.75, 3.05) is 0 Å². The van der Waals surface area contributed by atoms with Crippen LogP contribution >= 0.6 is 0 Å². The number of carbonyl (C=O) groups is 1. The van der Waals surface area contributed by atoms with E-state index in [0.29, 0.717) is 6.42 Å². The van der Waals surface area contributed by atoms with Gasteiger partial charge in [0.15, 0.2) is 0 Å². The molecule has 2 aromatic rings. The fourth-order valence-corrected chi connectivity index (χ4v) is 2.57. The average molecular weight is 325 g/mol. The van der Waals surface area contributed by atoms with Gasteiger partial charge in [0.2, 0.25) is 5.91 Å². The summed E-state index contributed by atoms with van der Waals surface area (Å²) in [4.78, 5) is 12.1. The Morgan fingerprint density at radius 3 is 2.25 bits per heavy atom. The number of ether oxygens (including phenoxy) is 1. The Balaban J connectivity index is 1.74. The molecule has 0 aromatic heterocycles.